The van der Waals surface area contributed by atoms with Gasteiger partial charge in [-0.15, -0.1) is 0 Å². The van der Waals surface area contributed by atoms with Crippen molar-refractivity contribution in [2.45, 2.75) is 44.4 Å². The molecular formula is C46H40O11S. The molecule has 5 N–H and O–H groups in total. The Labute approximate surface area is 335 Å². The maximum atomic E-state index is 12.7. The van der Waals surface area contributed by atoms with Crippen LogP contribution < -0.4 is 9.47 Å². The van der Waals surface area contributed by atoms with Gasteiger partial charge in [0.05, 0.1) is 4.90 Å². The van der Waals surface area contributed by atoms with Crippen molar-refractivity contribution >= 4 is 22.1 Å². The van der Waals surface area contributed by atoms with Crippen LogP contribution >= 0.6 is 0 Å². The molecule has 12 heteroatoms. The highest BCUT2D eigenvalue weighted by atomic mass is 32.2. The van der Waals surface area contributed by atoms with Gasteiger partial charge in [-0.05, 0) is 93.7 Å². The summed E-state index contributed by atoms with van der Waals surface area (Å²) in [7, 11) is -4.81. The molecular weight excluding hydrogens is 761 g/mol. The minimum absolute atomic E-state index is 0.0210. The van der Waals surface area contributed by atoms with Crippen LogP contribution in [-0.2, 0) is 45.4 Å². The second kappa shape index (κ2) is 16.1. The van der Waals surface area contributed by atoms with Crippen molar-refractivity contribution < 1.29 is 52.5 Å². The quantitative estimate of drug-likeness (QED) is 0.0894. The van der Waals surface area contributed by atoms with Gasteiger partial charge in [0.15, 0.2) is 13.2 Å². The van der Waals surface area contributed by atoms with Gasteiger partial charge in [-0.1, -0.05) is 90.0 Å². The highest BCUT2D eigenvalue weighted by molar-refractivity contribution is 7.85. The fourth-order valence-corrected chi connectivity index (χ4v) is 8.09. The number of benzene rings is 6. The van der Waals surface area contributed by atoms with Crippen LogP contribution in [0.3, 0.4) is 0 Å². The molecule has 0 fully saturated rings. The van der Waals surface area contributed by atoms with E-state index in [0.29, 0.717) is 44.7 Å². The summed E-state index contributed by atoms with van der Waals surface area (Å²) in [5.41, 5.74) is 8.41. The Balaban J connectivity index is 1.48. The first-order valence-corrected chi connectivity index (χ1v) is 19.8. The number of fused-ring (bicyclic) bond motifs is 8. The third kappa shape index (κ3) is 8.68. The lowest BCUT2D eigenvalue weighted by Crippen LogP contribution is -2.14. The van der Waals surface area contributed by atoms with Crippen molar-refractivity contribution in [3.8, 4) is 45.3 Å². The van der Waals surface area contributed by atoms with Gasteiger partial charge >= 0.3 is 11.9 Å². The Bertz CT molecular complexity index is 2680. The molecule has 0 aromatic heterocycles. The molecule has 11 nitrogen and oxygen atoms in total. The second-order valence-corrected chi connectivity index (χ2v) is 16.0. The molecule has 0 aliphatic heterocycles. The highest BCUT2D eigenvalue weighted by Gasteiger charge is 2.25. The normalized spacial score (nSPS) is 12.5. The van der Waals surface area contributed by atoms with Gasteiger partial charge in [0.2, 0.25) is 0 Å². The molecule has 7 rings (SSSR count). The van der Waals surface area contributed by atoms with Crippen molar-refractivity contribution in [2.24, 2.45) is 0 Å². The van der Waals surface area contributed by atoms with E-state index in [9.17, 15) is 43.0 Å². The molecule has 0 saturated heterocycles. The second-order valence-electron chi connectivity index (χ2n) is 14.5. The monoisotopic (exact) mass is 800 g/mol. The van der Waals surface area contributed by atoms with E-state index in [2.05, 4.69) is 0 Å². The number of aromatic hydroxyl groups is 2. The van der Waals surface area contributed by atoms with E-state index >= 15 is 0 Å². The van der Waals surface area contributed by atoms with Crippen LogP contribution in [-0.4, -0.2) is 58.5 Å². The first kappa shape index (κ1) is 39.6. The topological polar surface area (TPSA) is 188 Å². The van der Waals surface area contributed by atoms with Crippen LogP contribution in [0.25, 0.3) is 22.3 Å². The number of phenols is 2. The van der Waals surface area contributed by atoms with Gasteiger partial charge in [-0.25, -0.2) is 9.59 Å². The van der Waals surface area contributed by atoms with Crippen LogP contribution in [0.5, 0.6) is 23.0 Å². The predicted octanol–water partition coefficient (Wildman–Crippen LogP) is 7.90. The summed E-state index contributed by atoms with van der Waals surface area (Å²) in [6.07, 6.45) is -0.140. The van der Waals surface area contributed by atoms with Crippen molar-refractivity contribution in [2.75, 3.05) is 13.2 Å². The number of hydrogen-bond acceptors (Lipinski definition) is 8. The van der Waals surface area contributed by atoms with Gasteiger partial charge in [0.25, 0.3) is 10.1 Å². The largest absolute Gasteiger partial charge is 0.507 e. The van der Waals surface area contributed by atoms with Crippen molar-refractivity contribution in [3.05, 3.63) is 159 Å². The van der Waals surface area contributed by atoms with Gasteiger partial charge < -0.3 is 29.9 Å². The third-order valence-corrected chi connectivity index (χ3v) is 11.0. The molecule has 0 atom stereocenters. The Morgan fingerprint density at radius 3 is 1.33 bits per heavy atom. The summed E-state index contributed by atoms with van der Waals surface area (Å²) < 4.78 is 47.6. The summed E-state index contributed by atoms with van der Waals surface area (Å²) in [4.78, 5) is 23.1. The molecule has 8 bridgehead atoms. The zero-order chi connectivity index (χ0) is 41.3. The number of carboxylic acid groups (broad SMARTS) is 2. The number of aliphatic carboxylic acids is 2. The lowest BCUT2D eigenvalue weighted by molar-refractivity contribution is -0.140. The molecule has 1 aliphatic rings. The molecule has 1 aliphatic carbocycles. The van der Waals surface area contributed by atoms with Crippen LogP contribution in [0.1, 0.15) is 55.6 Å². The number of hydrogen-bond donors (Lipinski definition) is 5. The number of carboxylic acids is 2. The number of rotatable bonds is 9. The van der Waals surface area contributed by atoms with E-state index in [1.54, 1.807) is 36.4 Å². The van der Waals surface area contributed by atoms with E-state index < -0.39 is 40.2 Å². The van der Waals surface area contributed by atoms with Crippen LogP contribution in [0.4, 0.5) is 0 Å². The number of phenolic OH excluding ortho intramolecular Hbond substituents is 2. The van der Waals surface area contributed by atoms with Gasteiger partial charge in [0.1, 0.15) is 23.0 Å². The molecule has 0 radical (unpaired) electrons. The number of ether oxygens (including phenoxy) is 2. The maximum absolute atomic E-state index is 12.7. The average Bonchev–Trinajstić information content (AvgIpc) is 3.17. The van der Waals surface area contributed by atoms with E-state index in [1.165, 1.54) is 12.1 Å². The van der Waals surface area contributed by atoms with Crippen molar-refractivity contribution in [3.63, 3.8) is 0 Å². The molecule has 58 heavy (non-hydrogen) atoms. The Kier molecular flexibility index (Phi) is 11.0. The molecule has 0 unspecified atom stereocenters. The Morgan fingerprint density at radius 2 is 0.897 bits per heavy atom. The van der Waals surface area contributed by atoms with Gasteiger partial charge in [-0.3, -0.25) is 4.55 Å². The fourth-order valence-electron chi connectivity index (χ4n) is 7.51. The standard InChI is InChI=1S/C46H40O11S/c1-26-6-8-28(9-7-26)29-10-12-30(13-11-29)33-18-36-17-32-5-3-4-31(45(32)56-24-41(47)48)16-34-14-27(2)15-35(43(34)51)20-38-22-40(58(53,54)55)23-39(21-37(19-33)44(36)52)46(38)57-25-42(49)50/h3-15,18-19,22-23,51-52H,16-17,20-21,24-25H2,1-2H3,(H,47,48)(H,49,50)(H,53,54,55). The first-order valence-electron chi connectivity index (χ1n) is 18.4. The average molecular weight is 801 g/mol. The molecule has 0 spiro atoms. The Morgan fingerprint density at radius 1 is 0.517 bits per heavy atom. The summed E-state index contributed by atoms with van der Waals surface area (Å²) in [5, 5.41) is 43.0. The minimum Gasteiger partial charge on any atom is -0.507 e. The van der Waals surface area contributed by atoms with Crippen LogP contribution in [0, 0.1) is 13.8 Å². The summed E-state index contributed by atoms with van der Waals surface area (Å²) in [6, 6.07) is 30.7. The minimum atomic E-state index is -4.81. The lowest BCUT2D eigenvalue weighted by atomic mass is 9.89. The van der Waals surface area contributed by atoms with Crippen LogP contribution in [0.15, 0.2) is 108 Å². The lowest BCUT2D eigenvalue weighted by Gasteiger charge is -2.21. The summed E-state index contributed by atoms with van der Waals surface area (Å²) in [5.74, 6) is -2.44. The summed E-state index contributed by atoms with van der Waals surface area (Å²) >= 11 is 0. The molecule has 0 amide bonds. The molecule has 0 heterocycles. The summed E-state index contributed by atoms with van der Waals surface area (Å²) in [6.45, 7) is 2.41. The number of aryl methyl sites for hydroxylation is 2. The van der Waals surface area contributed by atoms with E-state index in [-0.39, 0.29) is 54.1 Å². The van der Waals surface area contributed by atoms with Gasteiger partial charge in [-0.2, -0.15) is 8.42 Å². The zero-order valence-corrected chi connectivity index (χ0v) is 32.5. The van der Waals surface area contributed by atoms with E-state index in [4.69, 9.17) is 9.47 Å². The third-order valence-electron chi connectivity index (χ3n) is 10.2. The maximum Gasteiger partial charge on any atom is 0.341 e. The molecule has 296 valence electrons. The van der Waals surface area contributed by atoms with Gasteiger partial charge in [0, 0.05) is 36.8 Å². The Hall–Kier alpha value is -6.63. The van der Waals surface area contributed by atoms with E-state index in [1.807, 2.05) is 68.4 Å². The molecule has 6 aromatic rings. The fraction of sp³-hybridized carbons (Fsp3) is 0.174. The van der Waals surface area contributed by atoms with Crippen molar-refractivity contribution in [1.82, 2.24) is 0 Å². The van der Waals surface area contributed by atoms with Crippen LogP contribution in [0.2, 0.25) is 0 Å². The smallest absolute Gasteiger partial charge is 0.341 e. The number of para-hydroxylation sites is 1. The zero-order valence-electron chi connectivity index (χ0n) is 31.7. The molecule has 6 aromatic carbocycles. The molecule has 0 saturated carbocycles. The highest BCUT2D eigenvalue weighted by Crippen LogP contribution is 2.41. The predicted molar refractivity (Wildman–Crippen MR) is 217 cm³/mol. The number of carbonyl (C=O) groups is 2. The first-order chi connectivity index (χ1) is 27.6. The SMILES string of the molecule is Cc1ccc(-c2ccc(-c3cc4c(O)c(c3)Cc3cc(S(=O)(=O)O)cc(c3OCC(=O)O)Cc3cc(C)cc(c3O)Cc3cccc(c3OCC(=O)O)C4)cc2)cc1. The van der Waals surface area contributed by atoms with E-state index in [0.717, 1.165) is 27.8 Å². The van der Waals surface area contributed by atoms with Crippen molar-refractivity contribution in [1.29, 1.82) is 0 Å².